The summed E-state index contributed by atoms with van der Waals surface area (Å²) in [6, 6.07) is 3.81. The molecule has 1 saturated carbocycles. The molecule has 0 bridgehead atoms. The lowest BCUT2D eigenvalue weighted by Gasteiger charge is -2.36. The molecular weight excluding hydrogens is 344 g/mol. The van der Waals surface area contributed by atoms with E-state index in [9.17, 15) is 10.2 Å². The fourth-order valence-corrected chi connectivity index (χ4v) is 5.64. The summed E-state index contributed by atoms with van der Waals surface area (Å²) in [4.78, 5) is 0. The molecule has 2 atom stereocenters. The van der Waals surface area contributed by atoms with Gasteiger partial charge in [0, 0.05) is 11.5 Å². The minimum absolute atomic E-state index is 0.0338. The second kappa shape index (κ2) is 8.93. The lowest BCUT2D eigenvalue weighted by Crippen LogP contribution is -2.23. The normalized spacial score (nSPS) is 24.2. The van der Waals surface area contributed by atoms with Crippen LogP contribution in [0.15, 0.2) is 23.8 Å². The summed E-state index contributed by atoms with van der Waals surface area (Å²) in [6.45, 7) is 8.88. The van der Waals surface area contributed by atoms with E-state index >= 15 is 0 Å². The van der Waals surface area contributed by atoms with Crippen molar-refractivity contribution in [3.63, 3.8) is 0 Å². The molecule has 1 aromatic rings. The van der Waals surface area contributed by atoms with Gasteiger partial charge in [0.1, 0.15) is 11.5 Å². The second-order valence-corrected chi connectivity index (χ2v) is 10.0. The average Bonchev–Trinajstić information content (AvgIpc) is 2.66. The number of rotatable bonds is 6. The fraction of sp³-hybridized carbons (Fsp3) is 0.692. The Kier molecular flexibility index (Phi) is 6.78. The Labute approximate surface area is 172 Å². The van der Waals surface area contributed by atoms with E-state index in [0.29, 0.717) is 5.92 Å². The summed E-state index contributed by atoms with van der Waals surface area (Å²) in [5, 5.41) is 21.6. The summed E-state index contributed by atoms with van der Waals surface area (Å²) in [6.07, 6.45) is 14.8. The van der Waals surface area contributed by atoms with E-state index in [0.717, 1.165) is 42.7 Å². The highest BCUT2D eigenvalue weighted by Crippen LogP contribution is 2.47. The molecule has 28 heavy (non-hydrogen) atoms. The summed E-state index contributed by atoms with van der Waals surface area (Å²) in [7, 11) is 0. The van der Waals surface area contributed by atoms with Crippen molar-refractivity contribution in [2.45, 2.75) is 103 Å². The summed E-state index contributed by atoms with van der Waals surface area (Å²) < 4.78 is 0. The number of allylic oxidation sites excluding steroid dienone is 2. The first-order valence-corrected chi connectivity index (χ1v) is 11.6. The van der Waals surface area contributed by atoms with Gasteiger partial charge in [0.15, 0.2) is 0 Å². The Morgan fingerprint density at radius 2 is 1.61 bits per heavy atom. The third-order valence-corrected chi connectivity index (χ3v) is 7.50. The maximum atomic E-state index is 10.8. The van der Waals surface area contributed by atoms with Gasteiger partial charge in [-0.15, -0.1) is 0 Å². The molecule has 2 heteroatoms. The molecule has 2 nitrogen and oxygen atoms in total. The van der Waals surface area contributed by atoms with Crippen molar-refractivity contribution in [3.05, 3.63) is 34.9 Å². The van der Waals surface area contributed by atoms with Gasteiger partial charge < -0.3 is 10.2 Å². The van der Waals surface area contributed by atoms with E-state index in [1.54, 1.807) is 0 Å². The zero-order chi connectivity index (χ0) is 20.3. The topological polar surface area (TPSA) is 40.5 Å². The summed E-state index contributed by atoms with van der Waals surface area (Å²) in [5.41, 5.74) is 3.20. The highest BCUT2D eigenvalue weighted by Gasteiger charge is 2.31. The van der Waals surface area contributed by atoms with E-state index in [-0.39, 0.29) is 22.8 Å². The Morgan fingerprint density at radius 1 is 0.964 bits per heavy atom. The lowest BCUT2D eigenvalue weighted by molar-refractivity contribution is 0.251. The molecule has 2 aliphatic carbocycles. The predicted molar refractivity (Wildman–Crippen MR) is 118 cm³/mol. The van der Waals surface area contributed by atoms with Crippen molar-refractivity contribution < 1.29 is 10.2 Å². The monoisotopic (exact) mass is 384 g/mol. The molecule has 0 radical (unpaired) electrons. The van der Waals surface area contributed by atoms with E-state index in [1.807, 2.05) is 12.1 Å². The van der Waals surface area contributed by atoms with E-state index in [4.69, 9.17) is 0 Å². The van der Waals surface area contributed by atoms with Crippen molar-refractivity contribution in [1.29, 1.82) is 0 Å². The van der Waals surface area contributed by atoms with E-state index < -0.39 is 0 Å². The Bertz CT molecular complexity index is 671. The first-order valence-electron chi connectivity index (χ1n) is 11.6. The molecule has 1 fully saturated rings. The smallest absolute Gasteiger partial charge is 0.123 e. The minimum Gasteiger partial charge on any atom is -0.507 e. The quantitative estimate of drug-likeness (QED) is 0.496. The van der Waals surface area contributed by atoms with Crippen molar-refractivity contribution in [3.8, 4) is 11.5 Å². The van der Waals surface area contributed by atoms with Crippen LogP contribution >= 0.6 is 0 Å². The zero-order valence-corrected chi connectivity index (χ0v) is 18.4. The van der Waals surface area contributed by atoms with Crippen LogP contribution in [0.2, 0.25) is 0 Å². The summed E-state index contributed by atoms with van der Waals surface area (Å²) in [5.74, 6) is 2.21. The van der Waals surface area contributed by atoms with Crippen LogP contribution in [0.4, 0.5) is 0 Å². The Morgan fingerprint density at radius 3 is 2.18 bits per heavy atom. The third-order valence-electron chi connectivity index (χ3n) is 7.50. The van der Waals surface area contributed by atoms with Crippen molar-refractivity contribution in [1.82, 2.24) is 0 Å². The number of phenols is 2. The van der Waals surface area contributed by atoms with Crippen LogP contribution in [-0.2, 0) is 5.41 Å². The SMILES string of the molecule is CCCCC(C)(C)c1cc(O)c(C2C=C(C)C(C3CCCCC3)CC2)c(O)c1. The van der Waals surface area contributed by atoms with Crippen molar-refractivity contribution in [2.24, 2.45) is 11.8 Å². The van der Waals surface area contributed by atoms with Gasteiger partial charge in [-0.2, -0.15) is 0 Å². The number of aromatic hydroxyl groups is 2. The number of phenolic OH excluding ortho intramolecular Hbond substituents is 2. The maximum Gasteiger partial charge on any atom is 0.123 e. The van der Waals surface area contributed by atoms with Crippen LogP contribution < -0.4 is 0 Å². The predicted octanol–water partition coefficient (Wildman–Crippen LogP) is 7.59. The Hall–Kier alpha value is -1.44. The molecule has 1 aromatic carbocycles. The van der Waals surface area contributed by atoms with Gasteiger partial charge in [-0.05, 0) is 74.0 Å². The molecule has 0 heterocycles. The van der Waals surface area contributed by atoms with E-state index in [2.05, 4.69) is 33.8 Å². The van der Waals surface area contributed by atoms with Gasteiger partial charge in [0.2, 0.25) is 0 Å². The largest absolute Gasteiger partial charge is 0.507 e. The number of unbranched alkanes of at least 4 members (excludes halogenated alkanes) is 1. The standard InChI is InChI=1S/C26H40O2/c1-5-6-14-26(3,4)21-16-23(27)25(24(28)17-21)20-12-13-22(18(2)15-20)19-10-8-7-9-11-19/h15-17,19-20,22,27-28H,5-14H2,1-4H3. The maximum absolute atomic E-state index is 10.8. The summed E-state index contributed by atoms with van der Waals surface area (Å²) >= 11 is 0. The first-order chi connectivity index (χ1) is 13.3. The minimum atomic E-state index is -0.0338. The molecule has 2 unspecified atom stereocenters. The number of hydrogen-bond acceptors (Lipinski definition) is 2. The van der Waals surface area contributed by atoms with Crippen LogP contribution in [0.25, 0.3) is 0 Å². The Balaban J connectivity index is 1.81. The molecule has 2 aliphatic rings. The van der Waals surface area contributed by atoms with Gasteiger partial charge in [-0.3, -0.25) is 0 Å². The van der Waals surface area contributed by atoms with Crippen LogP contribution in [0.5, 0.6) is 11.5 Å². The number of benzene rings is 1. The first kappa shape index (κ1) is 21.3. The number of hydrogen-bond donors (Lipinski definition) is 2. The van der Waals surface area contributed by atoms with Gasteiger partial charge in [-0.25, -0.2) is 0 Å². The molecule has 0 spiro atoms. The highest BCUT2D eigenvalue weighted by molar-refractivity contribution is 5.52. The van der Waals surface area contributed by atoms with Crippen LogP contribution in [0.1, 0.15) is 109 Å². The van der Waals surface area contributed by atoms with Gasteiger partial charge in [0.25, 0.3) is 0 Å². The van der Waals surface area contributed by atoms with Crippen molar-refractivity contribution >= 4 is 0 Å². The molecule has 0 aliphatic heterocycles. The molecule has 0 amide bonds. The third kappa shape index (κ3) is 4.58. The lowest BCUT2D eigenvalue weighted by atomic mass is 9.70. The van der Waals surface area contributed by atoms with Crippen molar-refractivity contribution in [2.75, 3.05) is 0 Å². The van der Waals surface area contributed by atoms with Gasteiger partial charge >= 0.3 is 0 Å². The molecule has 156 valence electrons. The van der Waals surface area contributed by atoms with E-state index in [1.165, 1.54) is 44.1 Å². The molecule has 0 aromatic heterocycles. The molecular formula is C26H40O2. The van der Waals surface area contributed by atoms with Crippen LogP contribution in [-0.4, -0.2) is 10.2 Å². The zero-order valence-electron chi connectivity index (χ0n) is 18.4. The molecule has 2 N–H and O–H groups in total. The van der Waals surface area contributed by atoms with Crippen LogP contribution in [0, 0.1) is 11.8 Å². The second-order valence-electron chi connectivity index (χ2n) is 10.0. The fourth-order valence-electron chi connectivity index (χ4n) is 5.64. The van der Waals surface area contributed by atoms with Crippen LogP contribution in [0.3, 0.4) is 0 Å². The molecule has 0 saturated heterocycles. The molecule has 3 rings (SSSR count). The van der Waals surface area contributed by atoms with Gasteiger partial charge in [-0.1, -0.05) is 64.5 Å². The highest BCUT2D eigenvalue weighted by atomic mass is 16.3. The van der Waals surface area contributed by atoms with Gasteiger partial charge in [0.05, 0.1) is 0 Å². The average molecular weight is 385 g/mol.